The minimum atomic E-state index is -0.0843. The summed E-state index contributed by atoms with van der Waals surface area (Å²) in [5.74, 6) is 1.10. The zero-order valence-corrected chi connectivity index (χ0v) is 14.9. The van der Waals surface area contributed by atoms with Crippen molar-refractivity contribution in [2.75, 3.05) is 13.1 Å². The molecule has 0 saturated carbocycles. The van der Waals surface area contributed by atoms with Crippen LogP contribution in [0.2, 0.25) is 0 Å². The van der Waals surface area contributed by atoms with Crippen molar-refractivity contribution in [2.24, 2.45) is 0 Å². The Bertz CT molecular complexity index is 722. The van der Waals surface area contributed by atoms with Gasteiger partial charge in [0.05, 0.1) is 12.5 Å². The van der Waals surface area contributed by atoms with Crippen LogP contribution in [0.1, 0.15) is 25.4 Å². The lowest BCUT2D eigenvalue weighted by Gasteiger charge is -2.43. The fraction of sp³-hybridized carbons (Fsp3) is 0.300. The number of carbonyl (C=O) groups excluding carboxylic acids is 2. The number of piperazine rings is 1. The molecule has 0 radical (unpaired) electrons. The highest BCUT2D eigenvalue weighted by Gasteiger charge is 2.32. The molecule has 6 heteroatoms. The van der Waals surface area contributed by atoms with Gasteiger partial charge in [0, 0.05) is 37.3 Å². The van der Waals surface area contributed by atoms with Crippen molar-refractivity contribution in [2.45, 2.75) is 25.9 Å². The summed E-state index contributed by atoms with van der Waals surface area (Å²) in [5, 5.41) is 0. The van der Waals surface area contributed by atoms with Crippen LogP contribution in [0.3, 0.4) is 0 Å². The summed E-state index contributed by atoms with van der Waals surface area (Å²) in [7, 11) is 0. The van der Waals surface area contributed by atoms with Crippen molar-refractivity contribution in [3.05, 3.63) is 60.5 Å². The second-order valence-electron chi connectivity index (χ2n) is 6.38. The van der Waals surface area contributed by atoms with Crippen LogP contribution in [0.5, 0.6) is 0 Å². The van der Waals surface area contributed by atoms with E-state index in [1.165, 1.54) is 12.2 Å². The van der Waals surface area contributed by atoms with Crippen molar-refractivity contribution >= 4 is 24.0 Å². The molecule has 2 amide bonds. The van der Waals surface area contributed by atoms with Gasteiger partial charge >= 0.3 is 0 Å². The summed E-state index contributed by atoms with van der Waals surface area (Å²) in [6.07, 6.45) is 9.46. The number of hydrogen-bond donors (Lipinski definition) is 0. The van der Waals surface area contributed by atoms with Crippen LogP contribution in [-0.4, -0.2) is 46.8 Å². The Hall–Kier alpha value is -3.02. The molecule has 1 saturated heterocycles. The molecule has 1 aliphatic heterocycles. The van der Waals surface area contributed by atoms with E-state index < -0.39 is 0 Å². The molecule has 1 fully saturated rings. The van der Waals surface area contributed by atoms with Crippen LogP contribution < -0.4 is 0 Å². The van der Waals surface area contributed by atoms with E-state index in [4.69, 9.17) is 8.83 Å². The molecule has 3 heterocycles. The highest BCUT2D eigenvalue weighted by atomic mass is 16.3. The molecule has 0 aliphatic carbocycles. The molecule has 0 aromatic carbocycles. The Balaban J connectivity index is 1.61. The predicted molar refractivity (Wildman–Crippen MR) is 97.8 cm³/mol. The Labute approximate surface area is 152 Å². The van der Waals surface area contributed by atoms with Crippen molar-refractivity contribution in [3.63, 3.8) is 0 Å². The number of hydrogen-bond acceptors (Lipinski definition) is 4. The Morgan fingerprint density at radius 3 is 1.65 bits per heavy atom. The summed E-state index contributed by atoms with van der Waals surface area (Å²) in [6.45, 7) is 4.87. The van der Waals surface area contributed by atoms with E-state index in [1.54, 1.807) is 58.7 Å². The molecule has 6 nitrogen and oxygen atoms in total. The highest BCUT2D eigenvalue weighted by Crippen LogP contribution is 2.17. The minimum absolute atomic E-state index is 0.0686. The first-order valence-electron chi connectivity index (χ1n) is 8.59. The molecule has 26 heavy (non-hydrogen) atoms. The smallest absolute Gasteiger partial charge is 0.247 e. The molecule has 2 aromatic heterocycles. The van der Waals surface area contributed by atoms with Crippen molar-refractivity contribution in [1.29, 1.82) is 0 Å². The maximum atomic E-state index is 12.5. The van der Waals surface area contributed by atoms with E-state index in [-0.39, 0.29) is 23.9 Å². The molecule has 0 spiro atoms. The third-order valence-electron chi connectivity index (χ3n) is 4.42. The van der Waals surface area contributed by atoms with E-state index >= 15 is 0 Å². The second kappa shape index (κ2) is 7.91. The third-order valence-corrected chi connectivity index (χ3v) is 4.42. The molecular weight excluding hydrogens is 332 g/mol. The van der Waals surface area contributed by atoms with E-state index in [1.807, 2.05) is 13.8 Å². The van der Waals surface area contributed by atoms with Gasteiger partial charge in [-0.3, -0.25) is 9.59 Å². The van der Waals surface area contributed by atoms with Gasteiger partial charge < -0.3 is 18.6 Å². The van der Waals surface area contributed by atoms with Gasteiger partial charge in [0.1, 0.15) is 11.5 Å². The molecule has 2 aromatic rings. The molecular formula is C20H22N2O4. The van der Waals surface area contributed by atoms with E-state index in [0.29, 0.717) is 24.6 Å². The first-order chi connectivity index (χ1) is 12.5. The third kappa shape index (κ3) is 4.14. The SMILES string of the molecule is C[C@@H]1CN(C(=O)/C=C/c2ccco2)[C@H](C)CN1C(=O)/C=C/c1ccco1. The Morgan fingerprint density at radius 1 is 0.885 bits per heavy atom. The van der Waals surface area contributed by atoms with Crippen LogP contribution in [0.15, 0.2) is 57.8 Å². The van der Waals surface area contributed by atoms with Crippen LogP contribution in [0.4, 0.5) is 0 Å². The largest absolute Gasteiger partial charge is 0.465 e. The van der Waals surface area contributed by atoms with Gasteiger partial charge in [-0.25, -0.2) is 0 Å². The molecule has 0 bridgehead atoms. The van der Waals surface area contributed by atoms with Gasteiger partial charge in [-0.15, -0.1) is 0 Å². The first-order valence-corrected chi connectivity index (χ1v) is 8.59. The topological polar surface area (TPSA) is 66.9 Å². The summed E-state index contributed by atoms with van der Waals surface area (Å²) >= 11 is 0. The Kier molecular flexibility index (Phi) is 5.41. The number of nitrogens with zero attached hydrogens (tertiary/aromatic N) is 2. The van der Waals surface area contributed by atoms with Gasteiger partial charge in [0.15, 0.2) is 0 Å². The fourth-order valence-electron chi connectivity index (χ4n) is 3.01. The quantitative estimate of drug-likeness (QED) is 0.792. The lowest BCUT2D eigenvalue weighted by atomic mass is 10.1. The summed E-state index contributed by atoms with van der Waals surface area (Å²) in [5.41, 5.74) is 0. The molecule has 2 atom stereocenters. The number of rotatable bonds is 4. The lowest BCUT2D eigenvalue weighted by molar-refractivity contribution is -0.139. The van der Waals surface area contributed by atoms with Crippen molar-refractivity contribution in [1.82, 2.24) is 9.80 Å². The van der Waals surface area contributed by atoms with Gasteiger partial charge in [0.25, 0.3) is 0 Å². The number of furan rings is 2. The maximum Gasteiger partial charge on any atom is 0.247 e. The van der Waals surface area contributed by atoms with Crippen LogP contribution in [-0.2, 0) is 9.59 Å². The van der Waals surface area contributed by atoms with Crippen LogP contribution in [0.25, 0.3) is 12.2 Å². The average molecular weight is 354 g/mol. The zero-order valence-electron chi connectivity index (χ0n) is 14.9. The van der Waals surface area contributed by atoms with Crippen LogP contribution in [0, 0.1) is 0 Å². The maximum absolute atomic E-state index is 12.5. The van der Waals surface area contributed by atoms with Gasteiger partial charge in [-0.05, 0) is 50.3 Å². The lowest BCUT2D eigenvalue weighted by Crippen LogP contribution is -2.59. The van der Waals surface area contributed by atoms with Crippen molar-refractivity contribution < 1.29 is 18.4 Å². The summed E-state index contributed by atoms with van der Waals surface area (Å²) < 4.78 is 10.4. The fourth-order valence-corrected chi connectivity index (χ4v) is 3.01. The summed E-state index contributed by atoms with van der Waals surface area (Å²) in [4.78, 5) is 28.5. The first kappa shape index (κ1) is 17.8. The minimum Gasteiger partial charge on any atom is -0.465 e. The standard InChI is InChI=1S/C20H22N2O4/c1-15-13-22(20(24)10-8-18-6-4-12-26-18)16(2)14-21(15)19(23)9-7-17-5-3-11-25-17/h3-12,15-16H,13-14H2,1-2H3/b9-7+,10-8+/t15-,16-/m1/s1. The monoisotopic (exact) mass is 354 g/mol. The highest BCUT2D eigenvalue weighted by molar-refractivity contribution is 5.93. The molecule has 1 aliphatic rings. The van der Waals surface area contributed by atoms with E-state index in [0.717, 1.165) is 0 Å². The van der Waals surface area contributed by atoms with Gasteiger partial charge in [-0.1, -0.05) is 0 Å². The van der Waals surface area contributed by atoms with Gasteiger partial charge in [0.2, 0.25) is 11.8 Å². The van der Waals surface area contributed by atoms with E-state index in [2.05, 4.69) is 0 Å². The molecule has 0 unspecified atom stereocenters. The molecule has 0 N–H and O–H groups in total. The average Bonchev–Trinajstić information content (AvgIpc) is 3.32. The van der Waals surface area contributed by atoms with E-state index in [9.17, 15) is 9.59 Å². The summed E-state index contributed by atoms with van der Waals surface area (Å²) in [6, 6.07) is 6.99. The molecule has 3 rings (SSSR count). The number of amides is 2. The van der Waals surface area contributed by atoms with Crippen molar-refractivity contribution in [3.8, 4) is 0 Å². The molecule has 136 valence electrons. The normalized spacial score (nSPS) is 21.0. The second-order valence-corrected chi connectivity index (χ2v) is 6.38. The zero-order chi connectivity index (χ0) is 18.5. The van der Waals surface area contributed by atoms with Gasteiger partial charge in [-0.2, -0.15) is 0 Å². The number of carbonyl (C=O) groups is 2. The van der Waals surface area contributed by atoms with Crippen LogP contribution >= 0.6 is 0 Å². The predicted octanol–water partition coefficient (Wildman–Crippen LogP) is 3.05. The Morgan fingerprint density at radius 2 is 1.31 bits per heavy atom.